The fourth-order valence-corrected chi connectivity index (χ4v) is 1.36. The van der Waals surface area contributed by atoms with Crippen molar-refractivity contribution in [2.24, 2.45) is 5.73 Å². The predicted molar refractivity (Wildman–Crippen MR) is 52.1 cm³/mol. The molecule has 0 saturated carbocycles. The quantitative estimate of drug-likeness (QED) is 0.839. The van der Waals surface area contributed by atoms with Crippen molar-refractivity contribution in [2.45, 2.75) is 32.4 Å². The first kappa shape index (κ1) is 11.9. The van der Waals surface area contributed by atoms with Crippen molar-refractivity contribution in [1.82, 2.24) is 9.78 Å². The zero-order chi connectivity index (χ0) is 11.6. The Labute approximate surface area is 87.0 Å². The number of hydrogen-bond acceptors (Lipinski definition) is 3. The van der Waals surface area contributed by atoms with Crippen molar-refractivity contribution in [3.05, 3.63) is 11.9 Å². The average molecular weight is 219 g/mol. The molecule has 1 rings (SSSR count). The summed E-state index contributed by atoms with van der Waals surface area (Å²) in [7, 11) is 1.41. The van der Waals surface area contributed by atoms with Crippen molar-refractivity contribution in [2.75, 3.05) is 7.11 Å². The minimum absolute atomic E-state index is 0.0336. The highest BCUT2D eigenvalue weighted by Crippen LogP contribution is 2.29. The van der Waals surface area contributed by atoms with E-state index in [1.807, 2.05) is 13.8 Å². The van der Waals surface area contributed by atoms with Crippen molar-refractivity contribution < 1.29 is 13.5 Å². The first-order valence-corrected chi connectivity index (χ1v) is 4.64. The Morgan fingerprint density at radius 1 is 1.47 bits per heavy atom. The average Bonchev–Trinajstić information content (AvgIpc) is 2.59. The lowest BCUT2D eigenvalue weighted by atomic mass is 10.2. The summed E-state index contributed by atoms with van der Waals surface area (Å²) in [5.41, 5.74) is 5.64. The molecule has 0 fully saturated rings. The fourth-order valence-electron chi connectivity index (χ4n) is 1.36. The lowest BCUT2D eigenvalue weighted by molar-refractivity contribution is 0.110. The van der Waals surface area contributed by atoms with Crippen LogP contribution in [0.4, 0.5) is 8.78 Å². The van der Waals surface area contributed by atoms with Crippen molar-refractivity contribution in [3.63, 3.8) is 0 Å². The van der Waals surface area contributed by atoms with E-state index >= 15 is 0 Å². The molecule has 0 spiro atoms. The van der Waals surface area contributed by atoms with Gasteiger partial charge in [-0.15, -0.1) is 0 Å². The molecule has 1 aromatic rings. The second-order valence-corrected chi connectivity index (χ2v) is 3.50. The lowest BCUT2D eigenvalue weighted by Crippen LogP contribution is -2.24. The van der Waals surface area contributed by atoms with Crippen LogP contribution < -0.4 is 10.5 Å². The lowest BCUT2D eigenvalue weighted by Gasteiger charge is -2.17. The molecule has 1 aromatic heterocycles. The number of nitrogens with two attached hydrogens (primary N) is 1. The van der Waals surface area contributed by atoms with E-state index in [0.717, 1.165) is 0 Å². The minimum Gasteiger partial charge on any atom is -0.493 e. The zero-order valence-corrected chi connectivity index (χ0v) is 8.95. The predicted octanol–water partition coefficient (Wildman–Crippen LogP) is 1.74. The molecule has 0 aliphatic rings. The van der Waals surface area contributed by atoms with Crippen LogP contribution in [0.25, 0.3) is 0 Å². The molecule has 0 radical (unpaired) electrons. The van der Waals surface area contributed by atoms with Crippen LogP contribution >= 0.6 is 0 Å². The van der Waals surface area contributed by atoms with Gasteiger partial charge in [0.15, 0.2) is 5.75 Å². The van der Waals surface area contributed by atoms with Crippen LogP contribution in [-0.4, -0.2) is 23.3 Å². The largest absolute Gasteiger partial charge is 0.493 e. The topological polar surface area (TPSA) is 53.1 Å². The third-order valence-corrected chi connectivity index (χ3v) is 2.09. The highest BCUT2D eigenvalue weighted by molar-refractivity contribution is 5.28. The Hall–Kier alpha value is -1.17. The molecule has 0 bridgehead atoms. The Bertz CT molecular complexity index is 325. The Morgan fingerprint density at radius 3 is 2.47 bits per heavy atom. The van der Waals surface area contributed by atoms with Crippen molar-refractivity contribution in [3.8, 4) is 5.75 Å². The fraction of sp³-hybridized carbons (Fsp3) is 0.667. The van der Waals surface area contributed by atoms with Crippen LogP contribution in [-0.2, 0) is 0 Å². The van der Waals surface area contributed by atoms with E-state index in [1.54, 1.807) is 0 Å². The van der Waals surface area contributed by atoms with Crippen LogP contribution in [0.1, 0.15) is 31.6 Å². The first-order chi connectivity index (χ1) is 6.99. The summed E-state index contributed by atoms with van der Waals surface area (Å²) in [5.74, 6) is 0.302. The molecular weight excluding hydrogens is 204 g/mol. The maximum atomic E-state index is 12.5. The maximum Gasteiger partial charge on any atom is 0.259 e. The van der Waals surface area contributed by atoms with E-state index in [0.29, 0.717) is 5.75 Å². The molecule has 0 aliphatic heterocycles. The van der Waals surface area contributed by atoms with Gasteiger partial charge in [-0.1, -0.05) is 0 Å². The maximum absolute atomic E-state index is 12.5. The Morgan fingerprint density at radius 2 is 2.07 bits per heavy atom. The molecule has 1 heterocycles. The summed E-state index contributed by atoms with van der Waals surface area (Å²) in [6.07, 6.45) is -1.23. The molecule has 2 N–H and O–H groups in total. The van der Waals surface area contributed by atoms with Gasteiger partial charge >= 0.3 is 0 Å². The summed E-state index contributed by atoms with van der Waals surface area (Å²) >= 11 is 0. The summed E-state index contributed by atoms with van der Waals surface area (Å²) in [6, 6.07) is -1.40. The van der Waals surface area contributed by atoms with Crippen molar-refractivity contribution >= 4 is 0 Å². The van der Waals surface area contributed by atoms with E-state index in [-0.39, 0.29) is 11.7 Å². The summed E-state index contributed by atoms with van der Waals surface area (Å²) < 4.78 is 31.5. The van der Waals surface area contributed by atoms with Gasteiger partial charge in [0.25, 0.3) is 6.43 Å². The van der Waals surface area contributed by atoms with Gasteiger partial charge in [0.1, 0.15) is 11.7 Å². The van der Waals surface area contributed by atoms with E-state index in [4.69, 9.17) is 10.5 Å². The summed E-state index contributed by atoms with van der Waals surface area (Å²) in [4.78, 5) is 0. The van der Waals surface area contributed by atoms with Gasteiger partial charge in [-0.25, -0.2) is 8.78 Å². The second-order valence-electron chi connectivity index (χ2n) is 3.50. The normalized spacial score (nSPS) is 13.6. The van der Waals surface area contributed by atoms with Crippen LogP contribution in [0.5, 0.6) is 5.75 Å². The molecule has 86 valence electrons. The van der Waals surface area contributed by atoms with Crippen LogP contribution in [0.3, 0.4) is 0 Å². The number of ether oxygens (including phenoxy) is 1. The SMILES string of the molecule is COc1cnn(C(C)C)c1C(N)C(F)F. The van der Waals surface area contributed by atoms with Gasteiger partial charge < -0.3 is 10.5 Å². The van der Waals surface area contributed by atoms with Gasteiger partial charge in [-0.3, -0.25) is 4.68 Å². The number of nitrogens with zero attached hydrogens (tertiary/aromatic N) is 2. The molecule has 0 aliphatic carbocycles. The van der Waals surface area contributed by atoms with Crippen LogP contribution in [0.2, 0.25) is 0 Å². The molecule has 0 saturated heterocycles. The minimum atomic E-state index is -2.63. The van der Waals surface area contributed by atoms with E-state index < -0.39 is 12.5 Å². The molecule has 4 nitrogen and oxygen atoms in total. The highest BCUT2D eigenvalue weighted by Gasteiger charge is 2.26. The molecular formula is C9H15F2N3O. The summed E-state index contributed by atoms with van der Waals surface area (Å²) in [5, 5.41) is 3.97. The van der Waals surface area contributed by atoms with Crippen LogP contribution in [0, 0.1) is 0 Å². The third-order valence-electron chi connectivity index (χ3n) is 2.09. The molecule has 15 heavy (non-hydrogen) atoms. The number of alkyl halides is 2. The molecule has 6 heteroatoms. The molecule has 0 amide bonds. The molecule has 1 atom stereocenters. The van der Waals surface area contributed by atoms with Gasteiger partial charge in [0, 0.05) is 6.04 Å². The second kappa shape index (κ2) is 4.57. The van der Waals surface area contributed by atoms with E-state index in [1.165, 1.54) is 18.0 Å². The number of halogens is 2. The number of rotatable bonds is 4. The number of methoxy groups -OCH3 is 1. The van der Waals surface area contributed by atoms with Crippen molar-refractivity contribution in [1.29, 1.82) is 0 Å². The number of hydrogen-bond donors (Lipinski definition) is 1. The third kappa shape index (κ3) is 2.26. The molecule has 0 aromatic carbocycles. The molecule has 1 unspecified atom stereocenters. The van der Waals surface area contributed by atoms with Gasteiger partial charge in [0.05, 0.1) is 13.3 Å². The first-order valence-electron chi connectivity index (χ1n) is 4.64. The van der Waals surface area contributed by atoms with E-state index in [9.17, 15) is 8.78 Å². The summed E-state index contributed by atoms with van der Waals surface area (Å²) in [6.45, 7) is 3.68. The zero-order valence-electron chi connectivity index (χ0n) is 8.95. The standard InChI is InChI=1S/C9H15F2N3O/c1-5(2)14-8(7(12)9(10)11)6(15-3)4-13-14/h4-5,7,9H,12H2,1-3H3. The number of aromatic nitrogens is 2. The Kier molecular flexibility index (Phi) is 3.62. The Balaban J connectivity index is 3.15. The van der Waals surface area contributed by atoms with Gasteiger partial charge in [-0.2, -0.15) is 5.10 Å². The highest BCUT2D eigenvalue weighted by atomic mass is 19.3. The van der Waals surface area contributed by atoms with E-state index in [2.05, 4.69) is 5.10 Å². The van der Waals surface area contributed by atoms with Crippen LogP contribution in [0.15, 0.2) is 6.20 Å². The van der Waals surface area contributed by atoms with Gasteiger partial charge in [-0.05, 0) is 13.8 Å². The smallest absolute Gasteiger partial charge is 0.259 e. The van der Waals surface area contributed by atoms with Gasteiger partial charge in [0.2, 0.25) is 0 Å². The monoisotopic (exact) mass is 219 g/mol.